The number of non-ortho nitro benzene ring substituents is 1. The Bertz CT molecular complexity index is 499. The van der Waals surface area contributed by atoms with E-state index in [-0.39, 0.29) is 15.8 Å². The van der Waals surface area contributed by atoms with Gasteiger partial charge in [0.1, 0.15) is 5.37 Å². The maximum absolute atomic E-state index is 12.4. The van der Waals surface area contributed by atoms with Gasteiger partial charge in [0, 0.05) is 18.7 Å². The molecular formula is C12H16N2O3S. The van der Waals surface area contributed by atoms with Gasteiger partial charge in [-0.2, -0.15) is 0 Å². The highest BCUT2D eigenvalue weighted by molar-refractivity contribution is 7.86. The molecule has 18 heavy (non-hydrogen) atoms. The predicted octanol–water partition coefficient (Wildman–Crippen LogP) is 2.07. The van der Waals surface area contributed by atoms with Gasteiger partial charge in [-0.05, 0) is 38.6 Å². The van der Waals surface area contributed by atoms with Crippen LogP contribution in [0.3, 0.4) is 0 Å². The lowest BCUT2D eigenvalue weighted by molar-refractivity contribution is -0.384. The molecule has 1 aliphatic rings. The zero-order valence-electron chi connectivity index (χ0n) is 10.6. The Morgan fingerprint density at radius 3 is 2.33 bits per heavy atom. The van der Waals surface area contributed by atoms with E-state index in [0.29, 0.717) is 0 Å². The molecule has 1 fully saturated rings. The fourth-order valence-corrected chi connectivity index (χ4v) is 4.09. The van der Waals surface area contributed by atoms with Crippen LogP contribution in [0.1, 0.15) is 24.8 Å². The second-order valence-electron chi connectivity index (χ2n) is 5.17. The lowest BCUT2D eigenvalue weighted by Gasteiger charge is -2.18. The van der Waals surface area contributed by atoms with Crippen LogP contribution < -0.4 is 0 Å². The minimum absolute atomic E-state index is 0.0597. The van der Waals surface area contributed by atoms with Crippen molar-refractivity contribution in [1.29, 1.82) is 0 Å². The summed E-state index contributed by atoms with van der Waals surface area (Å²) in [5.41, 5.74) is 0.927. The molecule has 0 aliphatic carbocycles. The van der Waals surface area contributed by atoms with Crippen molar-refractivity contribution in [3.05, 3.63) is 39.9 Å². The molecule has 0 N–H and O–H groups in total. The lowest BCUT2D eigenvalue weighted by atomic mass is 10.1. The molecule has 2 unspecified atom stereocenters. The summed E-state index contributed by atoms with van der Waals surface area (Å²) in [6.45, 7) is 4.71. The van der Waals surface area contributed by atoms with Crippen molar-refractivity contribution >= 4 is 16.5 Å². The van der Waals surface area contributed by atoms with Gasteiger partial charge in [0.15, 0.2) is 0 Å². The van der Waals surface area contributed by atoms with Crippen molar-refractivity contribution in [1.82, 2.24) is 4.90 Å². The summed E-state index contributed by atoms with van der Waals surface area (Å²) in [6, 6.07) is 6.31. The van der Waals surface area contributed by atoms with Crippen molar-refractivity contribution < 1.29 is 9.13 Å². The molecule has 98 valence electrons. The number of nitrogens with zero attached hydrogens (tertiary/aromatic N) is 2. The molecule has 1 aromatic carbocycles. The second kappa shape index (κ2) is 4.44. The largest absolute Gasteiger partial charge is 0.287 e. The van der Waals surface area contributed by atoms with Gasteiger partial charge in [-0.25, -0.2) is 0 Å². The molecule has 0 spiro atoms. The fourth-order valence-electron chi connectivity index (χ4n) is 2.35. The molecule has 1 aliphatic heterocycles. The van der Waals surface area contributed by atoms with E-state index in [4.69, 9.17) is 0 Å². The molecule has 0 amide bonds. The summed E-state index contributed by atoms with van der Waals surface area (Å²) in [6.07, 6.45) is 0. The highest BCUT2D eigenvalue weighted by Crippen LogP contribution is 2.38. The van der Waals surface area contributed by atoms with Crippen LogP contribution in [-0.4, -0.2) is 32.4 Å². The van der Waals surface area contributed by atoms with Gasteiger partial charge in [0.05, 0.1) is 20.5 Å². The van der Waals surface area contributed by atoms with E-state index in [1.165, 1.54) is 12.1 Å². The Balaban J connectivity index is 2.32. The molecule has 1 saturated heterocycles. The average Bonchev–Trinajstić information content (AvgIpc) is 2.48. The highest BCUT2D eigenvalue weighted by atomic mass is 32.2. The minimum atomic E-state index is -1.01. The van der Waals surface area contributed by atoms with Crippen LogP contribution in [0.4, 0.5) is 5.69 Å². The number of hydrogen-bond acceptors (Lipinski definition) is 4. The maximum Gasteiger partial charge on any atom is 0.269 e. The molecule has 6 heteroatoms. The standard InChI is InChI=1S/C12H16N2O3S/c1-12(2)8-13(3)11(18(12)17)9-4-6-10(7-5-9)14(15)16/h4-7,11H,8H2,1-3H3. The molecule has 0 saturated carbocycles. The van der Waals surface area contributed by atoms with Gasteiger partial charge in [-0.1, -0.05) is 0 Å². The first-order valence-electron chi connectivity index (χ1n) is 5.68. The van der Waals surface area contributed by atoms with Gasteiger partial charge < -0.3 is 0 Å². The van der Waals surface area contributed by atoms with E-state index >= 15 is 0 Å². The second-order valence-corrected chi connectivity index (χ2v) is 7.32. The van der Waals surface area contributed by atoms with E-state index in [1.807, 2.05) is 25.8 Å². The third-order valence-corrected chi connectivity index (χ3v) is 5.42. The van der Waals surface area contributed by atoms with Crippen molar-refractivity contribution in [3.63, 3.8) is 0 Å². The molecule has 1 heterocycles. The van der Waals surface area contributed by atoms with Crippen LogP contribution in [0.15, 0.2) is 24.3 Å². The average molecular weight is 268 g/mol. The minimum Gasteiger partial charge on any atom is -0.287 e. The first-order valence-corrected chi connectivity index (χ1v) is 6.89. The third-order valence-electron chi connectivity index (χ3n) is 3.17. The number of rotatable bonds is 2. The molecule has 5 nitrogen and oxygen atoms in total. The van der Waals surface area contributed by atoms with Crippen LogP contribution >= 0.6 is 0 Å². The van der Waals surface area contributed by atoms with Crippen LogP contribution in [-0.2, 0) is 10.8 Å². The first-order chi connectivity index (χ1) is 8.33. The van der Waals surface area contributed by atoms with E-state index in [1.54, 1.807) is 12.1 Å². The molecular weight excluding hydrogens is 252 g/mol. The molecule has 2 rings (SSSR count). The van der Waals surface area contributed by atoms with Gasteiger partial charge in [0.25, 0.3) is 5.69 Å². The summed E-state index contributed by atoms with van der Waals surface area (Å²) in [4.78, 5) is 12.2. The smallest absolute Gasteiger partial charge is 0.269 e. The lowest BCUT2D eigenvalue weighted by Crippen LogP contribution is -2.26. The zero-order chi connectivity index (χ0) is 13.5. The van der Waals surface area contributed by atoms with E-state index in [2.05, 4.69) is 0 Å². The van der Waals surface area contributed by atoms with E-state index < -0.39 is 15.7 Å². The number of nitro benzene ring substituents is 1. The topological polar surface area (TPSA) is 63.5 Å². The summed E-state index contributed by atoms with van der Waals surface area (Å²) < 4.78 is 12.1. The summed E-state index contributed by atoms with van der Waals surface area (Å²) in [5.74, 6) is 0. The Morgan fingerprint density at radius 1 is 1.39 bits per heavy atom. The maximum atomic E-state index is 12.4. The zero-order valence-corrected chi connectivity index (χ0v) is 11.4. The third kappa shape index (κ3) is 2.18. The van der Waals surface area contributed by atoms with Crippen molar-refractivity contribution in [3.8, 4) is 0 Å². The van der Waals surface area contributed by atoms with Crippen LogP contribution in [0.5, 0.6) is 0 Å². The highest BCUT2D eigenvalue weighted by Gasteiger charge is 2.43. The summed E-state index contributed by atoms with van der Waals surface area (Å²) >= 11 is 0. The van der Waals surface area contributed by atoms with Crippen molar-refractivity contribution in [2.75, 3.05) is 13.6 Å². The first kappa shape index (κ1) is 13.2. The molecule has 2 atom stereocenters. The van der Waals surface area contributed by atoms with E-state index in [9.17, 15) is 14.3 Å². The van der Waals surface area contributed by atoms with E-state index in [0.717, 1.165) is 12.1 Å². The van der Waals surface area contributed by atoms with Crippen LogP contribution in [0.2, 0.25) is 0 Å². The van der Waals surface area contributed by atoms with Gasteiger partial charge in [-0.3, -0.25) is 19.2 Å². The SMILES string of the molecule is CN1CC(C)(C)S(=O)C1c1ccc([N+](=O)[O-])cc1. The predicted molar refractivity (Wildman–Crippen MR) is 70.7 cm³/mol. The number of hydrogen-bond donors (Lipinski definition) is 0. The van der Waals surface area contributed by atoms with Gasteiger partial charge in [0.2, 0.25) is 0 Å². The Labute approximate surface area is 108 Å². The number of nitro groups is 1. The van der Waals surface area contributed by atoms with Crippen LogP contribution in [0, 0.1) is 10.1 Å². The quantitative estimate of drug-likeness (QED) is 0.608. The van der Waals surface area contributed by atoms with Crippen molar-refractivity contribution in [2.45, 2.75) is 24.0 Å². The Hall–Kier alpha value is -1.27. The van der Waals surface area contributed by atoms with Gasteiger partial charge >= 0.3 is 0 Å². The van der Waals surface area contributed by atoms with Gasteiger partial charge in [-0.15, -0.1) is 0 Å². The molecule has 1 aromatic rings. The van der Waals surface area contributed by atoms with Crippen LogP contribution in [0.25, 0.3) is 0 Å². The molecule has 0 aromatic heterocycles. The number of benzene rings is 1. The summed E-state index contributed by atoms with van der Waals surface area (Å²) in [5, 5.41) is 10.4. The molecule has 0 bridgehead atoms. The monoisotopic (exact) mass is 268 g/mol. The Kier molecular flexibility index (Phi) is 3.25. The van der Waals surface area contributed by atoms with Crippen molar-refractivity contribution in [2.24, 2.45) is 0 Å². The summed E-state index contributed by atoms with van der Waals surface area (Å²) in [7, 11) is 0.916. The fraction of sp³-hybridized carbons (Fsp3) is 0.500. The molecule has 0 radical (unpaired) electrons. The Morgan fingerprint density at radius 2 is 1.94 bits per heavy atom. The normalized spacial score (nSPS) is 27.3.